The normalized spacial score (nSPS) is 24.9. The molecule has 0 heterocycles. The second-order valence-electron chi connectivity index (χ2n) is 4.72. The standard InChI is InChI=1S/C14H19NO3/c1-10(15-17)11-5-4-6-12(9-11)18-14-8-3-2-7-13(14)16/h4-6,9,13-14,16-17H,2-3,7-8H2,1H3/b15-10+. The third-order valence-corrected chi connectivity index (χ3v) is 3.36. The van der Waals surface area contributed by atoms with E-state index in [1.165, 1.54) is 0 Å². The van der Waals surface area contributed by atoms with Gasteiger partial charge in [0.1, 0.15) is 11.9 Å². The summed E-state index contributed by atoms with van der Waals surface area (Å²) in [4.78, 5) is 0. The van der Waals surface area contributed by atoms with Gasteiger partial charge in [0.2, 0.25) is 0 Å². The van der Waals surface area contributed by atoms with Gasteiger partial charge in [-0.1, -0.05) is 23.7 Å². The lowest BCUT2D eigenvalue weighted by molar-refractivity contribution is 0.00687. The van der Waals surface area contributed by atoms with Crippen LogP contribution in [-0.4, -0.2) is 28.2 Å². The van der Waals surface area contributed by atoms with Gasteiger partial charge in [0.25, 0.3) is 0 Å². The molecule has 1 aromatic carbocycles. The lowest BCUT2D eigenvalue weighted by Gasteiger charge is -2.28. The minimum Gasteiger partial charge on any atom is -0.488 e. The molecule has 98 valence electrons. The molecule has 2 unspecified atom stereocenters. The highest BCUT2D eigenvalue weighted by molar-refractivity contribution is 5.98. The van der Waals surface area contributed by atoms with Crippen LogP contribution in [0.5, 0.6) is 5.75 Å². The Kier molecular flexibility index (Phi) is 4.20. The highest BCUT2D eigenvalue weighted by Gasteiger charge is 2.24. The SMILES string of the molecule is C/C(=N\O)c1cccc(OC2CCCCC2O)c1. The van der Waals surface area contributed by atoms with Crippen molar-refractivity contribution in [3.05, 3.63) is 29.8 Å². The maximum absolute atomic E-state index is 9.87. The molecule has 1 aliphatic rings. The van der Waals surface area contributed by atoms with Crippen molar-refractivity contribution >= 4 is 5.71 Å². The molecule has 0 saturated heterocycles. The first-order valence-corrected chi connectivity index (χ1v) is 6.34. The second kappa shape index (κ2) is 5.87. The summed E-state index contributed by atoms with van der Waals surface area (Å²) in [7, 11) is 0. The molecule has 1 aliphatic carbocycles. The van der Waals surface area contributed by atoms with Crippen molar-refractivity contribution < 1.29 is 15.1 Å². The minimum absolute atomic E-state index is 0.125. The zero-order valence-electron chi connectivity index (χ0n) is 10.5. The van der Waals surface area contributed by atoms with Crippen LogP contribution in [0.15, 0.2) is 29.4 Å². The molecule has 0 amide bonds. The molecule has 0 spiro atoms. The zero-order valence-corrected chi connectivity index (χ0v) is 10.5. The average molecular weight is 249 g/mol. The Labute approximate surface area is 107 Å². The summed E-state index contributed by atoms with van der Waals surface area (Å²) in [6, 6.07) is 7.40. The van der Waals surface area contributed by atoms with Crippen molar-refractivity contribution in [3.63, 3.8) is 0 Å². The van der Waals surface area contributed by atoms with Crippen LogP contribution in [-0.2, 0) is 0 Å². The van der Waals surface area contributed by atoms with Crippen LogP contribution in [0.1, 0.15) is 38.2 Å². The number of nitrogens with zero attached hydrogens (tertiary/aromatic N) is 1. The van der Waals surface area contributed by atoms with Crippen molar-refractivity contribution in [2.45, 2.75) is 44.8 Å². The number of oxime groups is 1. The molecule has 0 aliphatic heterocycles. The molecule has 1 aromatic rings. The maximum Gasteiger partial charge on any atom is 0.124 e. The van der Waals surface area contributed by atoms with Crippen molar-refractivity contribution in [3.8, 4) is 5.75 Å². The average Bonchev–Trinajstić information content (AvgIpc) is 2.41. The van der Waals surface area contributed by atoms with Crippen LogP contribution in [0.3, 0.4) is 0 Å². The Bertz CT molecular complexity index is 431. The summed E-state index contributed by atoms with van der Waals surface area (Å²) in [6.45, 7) is 1.73. The summed E-state index contributed by atoms with van der Waals surface area (Å²) in [6.07, 6.45) is 3.35. The lowest BCUT2D eigenvalue weighted by atomic mass is 9.95. The molecule has 2 atom stereocenters. The topological polar surface area (TPSA) is 62.1 Å². The highest BCUT2D eigenvalue weighted by Crippen LogP contribution is 2.24. The summed E-state index contributed by atoms with van der Waals surface area (Å²) >= 11 is 0. The number of hydrogen-bond donors (Lipinski definition) is 2. The molecule has 1 fully saturated rings. The Balaban J connectivity index is 2.09. The maximum atomic E-state index is 9.87. The summed E-state index contributed by atoms with van der Waals surface area (Å²) in [5.41, 5.74) is 1.37. The minimum atomic E-state index is -0.380. The number of rotatable bonds is 3. The van der Waals surface area contributed by atoms with E-state index in [0.717, 1.165) is 31.2 Å². The molecule has 1 saturated carbocycles. The third kappa shape index (κ3) is 3.01. The van der Waals surface area contributed by atoms with Gasteiger partial charge < -0.3 is 15.1 Å². The first kappa shape index (κ1) is 12.9. The van der Waals surface area contributed by atoms with E-state index < -0.39 is 0 Å². The van der Waals surface area contributed by atoms with Crippen LogP contribution >= 0.6 is 0 Å². The molecule has 2 rings (SSSR count). The fourth-order valence-electron chi connectivity index (χ4n) is 2.24. The van der Waals surface area contributed by atoms with Crippen molar-refractivity contribution in [2.75, 3.05) is 0 Å². The fraction of sp³-hybridized carbons (Fsp3) is 0.500. The third-order valence-electron chi connectivity index (χ3n) is 3.36. The van der Waals surface area contributed by atoms with E-state index >= 15 is 0 Å². The zero-order chi connectivity index (χ0) is 13.0. The van der Waals surface area contributed by atoms with Gasteiger partial charge in [-0.3, -0.25) is 0 Å². The first-order chi connectivity index (χ1) is 8.70. The molecular weight excluding hydrogens is 230 g/mol. The van der Waals surface area contributed by atoms with Gasteiger partial charge in [-0.15, -0.1) is 0 Å². The van der Waals surface area contributed by atoms with Crippen molar-refractivity contribution in [2.24, 2.45) is 5.16 Å². The fourth-order valence-corrected chi connectivity index (χ4v) is 2.24. The molecule has 4 heteroatoms. The highest BCUT2D eigenvalue weighted by atomic mass is 16.5. The van der Waals surface area contributed by atoms with Crippen LogP contribution in [0.25, 0.3) is 0 Å². The Hall–Kier alpha value is -1.55. The van der Waals surface area contributed by atoms with Crippen LogP contribution in [0.2, 0.25) is 0 Å². The van der Waals surface area contributed by atoms with Crippen molar-refractivity contribution in [1.82, 2.24) is 0 Å². The van der Waals surface area contributed by atoms with E-state index in [4.69, 9.17) is 9.94 Å². The number of benzene rings is 1. The molecule has 0 radical (unpaired) electrons. The largest absolute Gasteiger partial charge is 0.488 e. The monoisotopic (exact) mass is 249 g/mol. The van der Waals surface area contributed by atoms with Gasteiger partial charge in [-0.05, 0) is 38.3 Å². The lowest BCUT2D eigenvalue weighted by Crippen LogP contribution is -2.34. The van der Waals surface area contributed by atoms with E-state index in [1.807, 2.05) is 24.3 Å². The Morgan fingerprint density at radius 2 is 2.11 bits per heavy atom. The van der Waals surface area contributed by atoms with Gasteiger partial charge in [-0.2, -0.15) is 0 Å². The van der Waals surface area contributed by atoms with Crippen molar-refractivity contribution in [1.29, 1.82) is 0 Å². The quantitative estimate of drug-likeness (QED) is 0.491. The number of aliphatic hydroxyl groups excluding tert-OH is 1. The van der Waals surface area contributed by atoms with Gasteiger partial charge in [0.05, 0.1) is 11.8 Å². The van der Waals surface area contributed by atoms with Crippen LogP contribution in [0.4, 0.5) is 0 Å². The Morgan fingerprint density at radius 3 is 2.83 bits per heavy atom. The van der Waals surface area contributed by atoms with Gasteiger partial charge in [0.15, 0.2) is 0 Å². The van der Waals surface area contributed by atoms with Gasteiger partial charge in [-0.25, -0.2) is 0 Å². The summed E-state index contributed by atoms with van der Waals surface area (Å²) < 4.78 is 5.82. The van der Waals surface area contributed by atoms with Gasteiger partial charge >= 0.3 is 0 Å². The molecular formula is C14H19NO3. The van der Waals surface area contributed by atoms with E-state index in [1.54, 1.807) is 6.92 Å². The predicted molar refractivity (Wildman–Crippen MR) is 69.3 cm³/mol. The van der Waals surface area contributed by atoms with Crippen LogP contribution < -0.4 is 4.74 Å². The molecule has 4 nitrogen and oxygen atoms in total. The number of ether oxygens (including phenoxy) is 1. The van der Waals surface area contributed by atoms with Gasteiger partial charge in [0, 0.05) is 5.56 Å². The van der Waals surface area contributed by atoms with Crippen LogP contribution in [0, 0.1) is 0 Å². The Morgan fingerprint density at radius 1 is 1.33 bits per heavy atom. The smallest absolute Gasteiger partial charge is 0.124 e. The van der Waals surface area contributed by atoms with E-state index in [2.05, 4.69) is 5.16 Å². The second-order valence-corrected chi connectivity index (χ2v) is 4.72. The summed E-state index contributed by atoms with van der Waals surface area (Å²) in [5.74, 6) is 0.710. The summed E-state index contributed by atoms with van der Waals surface area (Å²) in [5, 5.41) is 21.8. The number of aliphatic hydroxyl groups is 1. The molecule has 0 aromatic heterocycles. The number of hydrogen-bond acceptors (Lipinski definition) is 4. The van der Waals surface area contributed by atoms with E-state index in [9.17, 15) is 5.11 Å². The molecule has 18 heavy (non-hydrogen) atoms. The first-order valence-electron chi connectivity index (χ1n) is 6.34. The molecule has 2 N–H and O–H groups in total. The van der Waals surface area contributed by atoms with E-state index in [-0.39, 0.29) is 12.2 Å². The molecule has 0 bridgehead atoms. The van der Waals surface area contributed by atoms with E-state index in [0.29, 0.717) is 11.5 Å². The predicted octanol–water partition coefficient (Wildman–Crippen LogP) is 2.57.